The average Bonchev–Trinajstić information content (AvgIpc) is 2.65. The van der Waals surface area contributed by atoms with Crippen molar-refractivity contribution < 1.29 is 14.6 Å². The highest BCUT2D eigenvalue weighted by Crippen LogP contribution is 2.24. The van der Waals surface area contributed by atoms with Crippen LogP contribution in [0.1, 0.15) is 24.1 Å². The number of benzene rings is 2. The molecule has 0 aromatic heterocycles. The van der Waals surface area contributed by atoms with Crippen molar-refractivity contribution in [2.75, 3.05) is 7.05 Å². The number of para-hydroxylation sites is 1. The summed E-state index contributed by atoms with van der Waals surface area (Å²) in [6.07, 6.45) is 2.63. The van der Waals surface area contributed by atoms with Crippen molar-refractivity contribution >= 4 is 23.4 Å². The molecular weight excluding hydrogens is 338 g/mol. The van der Waals surface area contributed by atoms with Crippen molar-refractivity contribution in [1.29, 1.82) is 0 Å². The quantitative estimate of drug-likeness (QED) is 0.446. The summed E-state index contributed by atoms with van der Waals surface area (Å²) >= 11 is 0. The molecular formula is C18H17N3O5. The third-order valence-corrected chi connectivity index (χ3v) is 4.03. The molecule has 0 saturated heterocycles. The first-order valence-electron chi connectivity index (χ1n) is 7.74. The van der Waals surface area contributed by atoms with Gasteiger partial charge in [-0.1, -0.05) is 24.3 Å². The highest BCUT2D eigenvalue weighted by atomic mass is 16.6. The lowest BCUT2D eigenvalue weighted by Gasteiger charge is -2.24. The smallest absolute Gasteiger partial charge is 0.276 e. The van der Waals surface area contributed by atoms with E-state index in [0.29, 0.717) is 11.1 Å². The summed E-state index contributed by atoms with van der Waals surface area (Å²) in [7, 11) is 1.57. The molecule has 2 aromatic carbocycles. The van der Waals surface area contributed by atoms with E-state index < -0.39 is 15.9 Å². The zero-order valence-electron chi connectivity index (χ0n) is 14.2. The number of carbonyl (C=O) groups is 1. The second kappa shape index (κ2) is 8.02. The predicted octanol–water partition coefficient (Wildman–Crippen LogP) is 3.74. The second-order valence-electron chi connectivity index (χ2n) is 5.63. The number of carbonyl (C=O) groups excluding carboxylic acids is 1. The maximum Gasteiger partial charge on any atom is 0.276 e. The van der Waals surface area contributed by atoms with Crippen molar-refractivity contribution in [2.45, 2.75) is 13.0 Å². The van der Waals surface area contributed by atoms with Gasteiger partial charge >= 0.3 is 0 Å². The van der Waals surface area contributed by atoms with Crippen LogP contribution in [0.15, 0.2) is 54.6 Å². The van der Waals surface area contributed by atoms with Crippen molar-refractivity contribution in [3.63, 3.8) is 0 Å². The minimum atomic E-state index is -0.514. The lowest BCUT2D eigenvalue weighted by atomic mass is 10.1. The third kappa shape index (κ3) is 4.29. The second-order valence-corrected chi connectivity index (χ2v) is 5.63. The summed E-state index contributed by atoms with van der Waals surface area (Å²) < 4.78 is 0. The van der Waals surface area contributed by atoms with E-state index in [0.717, 1.165) is 0 Å². The Morgan fingerprint density at radius 1 is 1.08 bits per heavy atom. The molecule has 0 aliphatic rings. The van der Waals surface area contributed by atoms with E-state index in [-0.39, 0.29) is 17.3 Å². The Morgan fingerprint density at radius 2 is 1.77 bits per heavy atom. The molecule has 0 fully saturated rings. The molecule has 0 bridgehead atoms. The molecule has 0 spiro atoms. The van der Waals surface area contributed by atoms with Crippen LogP contribution in [-0.2, 0) is 4.79 Å². The maximum atomic E-state index is 12.4. The molecule has 1 atom stereocenters. The van der Waals surface area contributed by atoms with Gasteiger partial charge in [-0.3, -0.25) is 25.0 Å². The zero-order valence-corrected chi connectivity index (χ0v) is 14.2. The molecule has 2 rings (SSSR count). The number of nitro groups is 2. The molecule has 2 aromatic rings. The first-order chi connectivity index (χ1) is 12.3. The van der Waals surface area contributed by atoms with E-state index >= 15 is 0 Å². The molecule has 8 nitrogen and oxygen atoms in total. The molecule has 0 aliphatic heterocycles. The monoisotopic (exact) mass is 355 g/mol. The van der Waals surface area contributed by atoms with Gasteiger partial charge in [-0.25, -0.2) is 0 Å². The first kappa shape index (κ1) is 18.8. The summed E-state index contributed by atoms with van der Waals surface area (Å²) in [5.41, 5.74) is 0.799. The maximum absolute atomic E-state index is 12.4. The molecule has 0 radical (unpaired) electrons. The Kier molecular flexibility index (Phi) is 5.79. The van der Waals surface area contributed by atoms with Gasteiger partial charge in [0.05, 0.1) is 21.5 Å². The summed E-state index contributed by atoms with van der Waals surface area (Å²) in [5, 5.41) is 21.9. The highest BCUT2D eigenvalue weighted by Gasteiger charge is 2.18. The number of amides is 1. The van der Waals surface area contributed by atoms with Gasteiger partial charge < -0.3 is 4.90 Å². The first-order valence-corrected chi connectivity index (χ1v) is 7.74. The van der Waals surface area contributed by atoms with Crippen LogP contribution >= 0.6 is 0 Å². The summed E-state index contributed by atoms with van der Waals surface area (Å²) in [5.74, 6) is -0.373. The van der Waals surface area contributed by atoms with E-state index in [9.17, 15) is 25.0 Å². The van der Waals surface area contributed by atoms with Gasteiger partial charge in [0.25, 0.3) is 11.4 Å². The minimum absolute atomic E-state index is 0.0503. The van der Waals surface area contributed by atoms with Crippen LogP contribution < -0.4 is 0 Å². The van der Waals surface area contributed by atoms with Gasteiger partial charge in [-0.2, -0.15) is 0 Å². The normalized spacial score (nSPS) is 11.9. The lowest BCUT2D eigenvalue weighted by molar-refractivity contribution is -0.385. The van der Waals surface area contributed by atoms with Crippen LogP contribution in [0.25, 0.3) is 6.08 Å². The molecule has 1 amide bonds. The fourth-order valence-electron chi connectivity index (χ4n) is 2.39. The van der Waals surface area contributed by atoms with Crippen molar-refractivity contribution in [2.24, 2.45) is 0 Å². The number of nitrogens with zero attached hydrogens (tertiary/aromatic N) is 3. The van der Waals surface area contributed by atoms with E-state index in [1.807, 2.05) is 0 Å². The van der Waals surface area contributed by atoms with Crippen molar-refractivity contribution in [3.05, 3.63) is 86.0 Å². The average molecular weight is 355 g/mol. The van der Waals surface area contributed by atoms with Gasteiger partial charge in [0, 0.05) is 31.3 Å². The Bertz CT molecular complexity index is 879. The summed E-state index contributed by atoms with van der Waals surface area (Å²) in [6, 6.07) is 11.8. The fourth-order valence-corrected chi connectivity index (χ4v) is 2.39. The van der Waals surface area contributed by atoms with Crippen LogP contribution in [0.4, 0.5) is 11.4 Å². The van der Waals surface area contributed by atoms with E-state index in [2.05, 4.69) is 0 Å². The zero-order chi connectivity index (χ0) is 19.3. The Labute approximate surface area is 149 Å². The van der Waals surface area contributed by atoms with Crippen molar-refractivity contribution in [1.82, 2.24) is 4.90 Å². The molecule has 8 heteroatoms. The van der Waals surface area contributed by atoms with E-state index in [1.165, 1.54) is 35.3 Å². The van der Waals surface area contributed by atoms with Crippen LogP contribution in [-0.4, -0.2) is 27.7 Å². The van der Waals surface area contributed by atoms with Crippen molar-refractivity contribution in [3.8, 4) is 0 Å². The number of non-ortho nitro benzene ring substituents is 1. The lowest BCUT2D eigenvalue weighted by Crippen LogP contribution is -2.28. The number of rotatable bonds is 6. The highest BCUT2D eigenvalue weighted by molar-refractivity contribution is 5.92. The SMILES string of the molecule is CC(c1cccc([N+](=O)[O-])c1)N(C)C(=O)/C=C/c1ccccc1[N+](=O)[O-]. The Hall–Kier alpha value is -3.55. The van der Waals surface area contributed by atoms with E-state index in [1.54, 1.807) is 44.3 Å². The number of hydrogen-bond donors (Lipinski definition) is 0. The third-order valence-electron chi connectivity index (χ3n) is 4.03. The molecule has 0 heterocycles. The van der Waals surface area contributed by atoms with Gasteiger partial charge in [-0.15, -0.1) is 0 Å². The molecule has 1 unspecified atom stereocenters. The summed E-state index contributed by atoms with van der Waals surface area (Å²) in [6.45, 7) is 1.75. The van der Waals surface area contributed by atoms with Gasteiger partial charge in [0.2, 0.25) is 5.91 Å². The largest absolute Gasteiger partial charge is 0.335 e. The van der Waals surface area contributed by atoms with Gasteiger partial charge in [-0.05, 0) is 24.6 Å². The molecule has 26 heavy (non-hydrogen) atoms. The topological polar surface area (TPSA) is 107 Å². The van der Waals surface area contributed by atoms with Crippen LogP contribution in [0.2, 0.25) is 0 Å². The molecule has 0 N–H and O–H groups in total. The Balaban J connectivity index is 2.18. The molecule has 0 saturated carbocycles. The Morgan fingerprint density at radius 3 is 2.42 bits per heavy atom. The molecule has 0 aliphatic carbocycles. The van der Waals surface area contributed by atoms with Crippen LogP contribution in [0.3, 0.4) is 0 Å². The van der Waals surface area contributed by atoms with Gasteiger partial charge in [0.15, 0.2) is 0 Å². The minimum Gasteiger partial charge on any atom is -0.335 e. The van der Waals surface area contributed by atoms with Crippen LogP contribution in [0.5, 0.6) is 0 Å². The summed E-state index contributed by atoms with van der Waals surface area (Å²) in [4.78, 5) is 34.7. The number of hydrogen-bond acceptors (Lipinski definition) is 5. The molecule has 134 valence electrons. The van der Waals surface area contributed by atoms with Crippen LogP contribution in [0, 0.1) is 20.2 Å². The van der Waals surface area contributed by atoms with E-state index in [4.69, 9.17) is 0 Å². The standard InChI is InChI=1S/C18H17N3O5/c1-13(15-7-5-8-16(12-15)20(23)24)19(2)18(22)11-10-14-6-3-4-9-17(14)21(25)26/h3-13H,1-2H3/b11-10+. The number of nitro benzene ring substituents is 2. The van der Waals surface area contributed by atoms with Gasteiger partial charge in [0.1, 0.15) is 0 Å². The fraction of sp³-hybridized carbons (Fsp3) is 0.167. The predicted molar refractivity (Wildman–Crippen MR) is 96.4 cm³/mol. The number of likely N-dealkylation sites (N-methyl/N-ethyl adjacent to an activating group) is 1.